The van der Waals surface area contributed by atoms with Crippen molar-refractivity contribution in [2.75, 3.05) is 44.4 Å². The maximum atomic E-state index is 12.3. The van der Waals surface area contributed by atoms with E-state index in [9.17, 15) is 4.79 Å². The zero-order valence-corrected chi connectivity index (χ0v) is 14.1. The number of carbonyl (C=O) groups is 1. The molecule has 3 N–H and O–H groups in total. The molecule has 1 fully saturated rings. The first-order valence-corrected chi connectivity index (χ1v) is 8.10. The highest BCUT2D eigenvalue weighted by molar-refractivity contribution is 7.18. The number of anilines is 2. The van der Waals surface area contributed by atoms with E-state index < -0.39 is 0 Å². The van der Waals surface area contributed by atoms with E-state index in [0.29, 0.717) is 17.2 Å². The molecule has 0 bridgehead atoms. The normalized spacial score (nSPS) is 15.8. The predicted octanol–water partition coefficient (Wildman–Crippen LogP) is 1.40. The van der Waals surface area contributed by atoms with Crippen LogP contribution in [0.1, 0.15) is 36.4 Å². The summed E-state index contributed by atoms with van der Waals surface area (Å²) in [6.45, 7) is 6.73. The van der Waals surface area contributed by atoms with Gasteiger partial charge in [-0.1, -0.05) is 11.3 Å². The van der Waals surface area contributed by atoms with Gasteiger partial charge in [-0.05, 0) is 40.8 Å². The van der Waals surface area contributed by atoms with Crippen LogP contribution < -0.4 is 16.0 Å². The van der Waals surface area contributed by atoms with Crippen LogP contribution in [0.4, 0.5) is 10.9 Å². The Morgan fingerprint density at radius 2 is 2.05 bits per heavy atom. The Labute approximate surface area is 130 Å². The molecule has 1 aromatic heterocycles. The second kappa shape index (κ2) is 6.19. The van der Waals surface area contributed by atoms with Crippen molar-refractivity contribution in [2.24, 2.45) is 0 Å². The van der Waals surface area contributed by atoms with E-state index in [1.54, 1.807) is 0 Å². The summed E-state index contributed by atoms with van der Waals surface area (Å²) in [6, 6.07) is 0. The zero-order chi connectivity index (χ0) is 15.6. The molecule has 0 aromatic carbocycles. The van der Waals surface area contributed by atoms with Crippen LogP contribution in [0.2, 0.25) is 0 Å². The lowest BCUT2D eigenvalue weighted by Crippen LogP contribution is -2.48. The lowest BCUT2D eigenvalue weighted by atomic mass is 10.0. The van der Waals surface area contributed by atoms with Crippen molar-refractivity contribution in [3.05, 3.63) is 4.88 Å². The van der Waals surface area contributed by atoms with Crippen molar-refractivity contribution < 1.29 is 4.79 Å². The first-order chi connectivity index (χ1) is 9.81. The first kappa shape index (κ1) is 16.0. The molecule has 118 valence electrons. The predicted molar refractivity (Wildman–Crippen MR) is 88.1 cm³/mol. The third-order valence-electron chi connectivity index (χ3n) is 4.12. The number of likely N-dealkylation sites (N-methyl/N-ethyl adjacent to an activating group) is 1. The summed E-state index contributed by atoms with van der Waals surface area (Å²) < 4.78 is 0. The smallest absolute Gasteiger partial charge is 0.265 e. The Balaban J connectivity index is 2.02. The summed E-state index contributed by atoms with van der Waals surface area (Å²) >= 11 is 1.39. The standard InChI is InChI=1S/C14H25N5OS/c1-14(2,18(3)4)9-16-12(20)10-11(15)17-13(21-10)19-7-5-6-8-19/h5-9,15H2,1-4H3,(H,16,20). The van der Waals surface area contributed by atoms with E-state index in [0.717, 1.165) is 18.2 Å². The van der Waals surface area contributed by atoms with E-state index in [4.69, 9.17) is 5.73 Å². The fraction of sp³-hybridized carbons (Fsp3) is 0.714. The molecule has 0 atom stereocenters. The molecule has 6 nitrogen and oxygen atoms in total. The van der Waals surface area contributed by atoms with Crippen LogP contribution in [0.15, 0.2) is 0 Å². The van der Waals surface area contributed by atoms with Gasteiger partial charge in [0.2, 0.25) is 0 Å². The molecule has 0 unspecified atom stereocenters. The monoisotopic (exact) mass is 311 g/mol. The minimum Gasteiger partial charge on any atom is -0.382 e. The molecular weight excluding hydrogens is 286 g/mol. The number of amides is 1. The Bertz CT molecular complexity index is 505. The van der Waals surface area contributed by atoms with Gasteiger partial charge in [0, 0.05) is 25.2 Å². The molecule has 1 aliphatic heterocycles. The highest BCUT2D eigenvalue weighted by Gasteiger charge is 2.25. The molecular formula is C14H25N5OS. The van der Waals surface area contributed by atoms with Crippen LogP contribution in [0.5, 0.6) is 0 Å². The van der Waals surface area contributed by atoms with Crippen LogP contribution in [0.25, 0.3) is 0 Å². The third-order valence-corrected chi connectivity index (χ3v) is 5.25. The van der Waals surface area contributed by atoms with Gasteiger partial charge in [0.05, 0.1) is 0 Å². The van der Waals surface area contributed by atoms with Crippen molar-refractivity contribution in [3.63, 3.8) is 0 Å². The van der Waals surface area contributed by atoms with Crippen LogP contribution in [-0.4, -0.2) is 55.1 Å². The minimum absolute atomic E-state index is 0.104. The number of nitrogens with one attached hydrogen (secondary N) is 1. The molecule has 1 saturated heterocycles. The lowest BCUT2D eigenvalue weighted by molar-refractivity contribution is 0.0924. The van der Waals surface area contributed by atoms with Gasteiger partial charge in [0.1, 0.15) is 10.7 Å². The van der Waals surface area contributed by atoms with Crippen LogP contribution >= 0.6 is 11.3 Å². The van der Waals surface area contributed by atoms with Crippen LogP contribution in [0, 0.1) is 0 Å². The fourth-order valence-electron chi connectivity index (χ4n) is 2.06. The molecule has 1 amide bonds. The number of carbonyl (C=O) groups excluding carboxylic acids is 1. The van der Waals surface area contributed by atoms with Gasteiger partial charge in [-0.2, -0.15) is 0 Å². The van der Waals surface area contributed by atoms with Crippen molar-refractivity contribution in [2.45, 2.75) is 32.2 Å². The average molecular weight is 311 g/mol. The molecule has 0 radical (unpaired) electrons. The van der Waals surface area contributed by atoms with Crippen molar-refractivity contribution in [3.8, 4) is 0 Å². The molecule has 0 saturated carbocycles. The number of nitrogens with zero attached hydrogens (tertiary/aromatic N) is 3. The largest absolute Gasteiger partial charge is 0.382 e. The minimum atomic E-state index is -0.134. The first-order valence-electron chi connectivity index (χ1n) is 7.28. The lowest BCUT2D eigenvalue weighted by Gasteiger charge is -2.32. The molecule has 0 spiro atoms. The van der Waals surface area contributed by atoms with E-state index in [-0.39, 0.29) is 11.4 Å². The summed E-state index contributed by atoms with van der Waals surface area (Å²) in [5.74, 6) is 0.201. The van der Waals surface area contributed by atoms with Gasteiger partial charge in [0.15, 0.2) is 5.13 Å². The Morgan fingerprint density at radius 3 is 2.62 bits per heavy atom. The molecule has 1 aromatic rings. The Kier molecular flexibility index (Phi) is 4.73. The molecule has 21 heavy (non-hydrogen) atoms. The molecule has 0 aliphatic carbocycles. The second-order valence-electron chi connectivity index (χ2n) is 6.29. The number of aromatic nitrogens is 1. The molecule has 2 rings (SSSR count). The molecule has 1 aliphatic rings. The summed E-state index contributed by atoms with van der Waals surface area (Å²) in [7, 11) is 4.00. The maximum absolute atomic E-state index is 12.3. The van der Waals surface area contributed by atoms with Crippen LogP contribution in [0.3, 0.4) is 0 Å². The van der Waals surface area contributed by atoms with Crippen molar-refractivity contribution >= 4 is 28.2 Å². The summed E-state index contributed by atoms with van der Waals surface area (Å²) in [5, 5.41) is 3.82. The van der Waals surface area contributed by atoms with E-state index in [1.165, 1.54) is 24.2 Å². The van der Waals surface area contributed by atoms with Crippen molar-refractivity contribution in [1.82, 2.24) is 15.2 Å². The van der Waals surface area contributed by atoms with E-state index in [2.05, 4.69) is 33.9 Å². The number of hydrogen-bond acceptors (Lipinski definition) is 6. The Morgan fingerprint density at radius 1 is 1.43 bits per heavy atom. The second-order valence-corrected chi connectivity index (χ2v) is 7.27. The maximum Gasteiger partial charge on any atom is 0.265 e. The number of rotatable bonds is 5. The SMILES string of the molecule is CN(C)C(C)(C)CNC(=O)c1sc(N2CCCC2)nc1N. The zero-order valence-electron chi connectivity index (χ0n) is 13.3. The van der Waals surface area contributed by atoms with Crippen molar-refractivity contribution in [1.29, 1.82) is 0 Å². The van der Waals surface area contributed by atoms with Gasteiger partial charge >= 0.3 is 0 Å². The quantitative estimate of drug-likeness (QED) is 0.860. The highest BCUT2D eigenvalue weighted by atomic mass is 32.1. The average Bonchev–Trinajstić information content (AvgIpc) is 3.04. The number of hydrogen-bond donors (Lipinski definition) is 2. The fourth-order valence-corrected chi connectivity index (χ4v) is 3.01. The number of thiazole rings is 1. The van der Waals surface area contributed by atoms with Crippen LogP contribution in [-0.2, 0) is 0 Å². The van der Waals surface area contributed by atoms with E-state index in [1.807, 2.05) is 14.1 Å². The summed E-state index contributed by atoms with van der Waals surface area (Å²) in [4.78, 5) is 21.4. The highest BCUT2D eigenvalue weighted by Crippen LogP contribution is 2.30. The number of nitrogen functional groups attached to an aromatic ring is 1. The Hall–Kier alpha value is -1.34. The van der Waals surface area contributed by atoms with Gasteiger partial charge < -0.3 is 20.9 Å². The van der Waals surface area contributed by atoms with Gasteiger partial charge in [-0.25, -0.2) is 4.98 Å². The third kappa shape index (κ3) is 3.65. The molecule has 2 heterocycles. The van der Waals surface area contributed by atoms with Gasteiger partial charge in [0.25, 0.3) is 5.91 Å². The summed E-state index contributed by atoms with van der Waals surface area (Å²) in [5.41, 5.74) is 5.81. The van der Waals surface area contributed by atoms with Gasteiger partial charge in [-0.3, -0.25) is 4.79 Å². The number of nitrogens with two attached hydrogens (primary N) is 1. The molecule has 7 heteroatoms. The topological polar surface area (TPSA) is 74.5 Å². The van der Waals surface area contributed by atoms with Gasteiger partial charge in [-0.15, -0.1) is 0 Å². The van der Waals surface area contributed by atoms with E-state index >= 15 is 0 Å². The summed E-state index contributed by atoms with van der Waals surface area (Å²) in [6.07, 6.45) is 2.36.